The number of hydrogen-bond acceptors (Lipinski definition) is 6. The van der Waals surface area contributed by atoms with Crippen LogP contribution in [0.2, 0.25) is 0 Å². The molecule has 2 radical (unpaired) electrons. The minimum Gasteiger partial charge on any atom is -0.672 e. The van der Waals surface area contributed by atoms with E-state index < -0.39 is 18.3 Å². The van der Waals surface area contributed by atoms with Gasteiger partial charge in [0, 0.05) is 35.4 Å². The molecule has 11 heteroatoms. The summed E-state index contributed by atoms with van der Waals surface area (Å²) in [5.74, 6) is 0. The van der Waals surface area contributed by atoms with E-state index in [1.54, 1.807) is 0 Å². The maximum absolute atomic E-state index is 8.52. The summed E-state index contributed by atoms with van der Waals surface area (Å²) in [6.45, 7) is 0. The average Bonchev–Trinajstić information content (AvgIpc) is 1.25. The van der Waals surface area contributed by atoms with Gasteiger partial charge < -0.3 is 28.1 Å². The summed E-state index contributed by atoms with van der Waals surface area (Å²) < 4.78 is 17.0. The molecule has 0 bridgehead atoms. The third-order valence-corrected chi connectivity index (χ3v) is 0. The molecule has 60 valence electrons. The molecule has 0 saturated carbocycles. The van der Waals surface area contributed by atoms with Crippen molar-refractivity contribution in [2.45, 2.75) is 0 Å². The van der Waals surface area contributed by atoms with E-state index >= 15 is 0 Å². The van der Waals surface area contributed by atoms with Crippen molar-refractivity contribution in [3.05, 3.63) is 0 Å². The fourth-order valence-electron chi connectivity index (χ4n) is 0. The van der Waals surface area contributed by atoms with Gasteiger partial charge in [0.1, 0.15) is 0 Å². The van der Waals surface area contributed by atoms with Crippen molar-refractivity contribution >= 4 is 18.3 Å². The Hall–Kier alpha value is 0.870. The second-order valence-electron chi connectivity index (χ2n) is 0.500. The minimum absolute atomic E-state index is 0. The molecule has 0 fully saturated rings. The van der Waals surface area contributed by atoms with Gasteiger partial charge in [-0.05, 0) is 0 Å². The van der Waals surface area contributed by atoms with Crippen LogP contribution in [0.4, 0.5) is 0 Å². The molecule has 0 rings (SSSR count). The van der Waals surface area contributed by atoms with E-state index in [2.05, 4.69) is 0 Å². The summed E-state index contributed by atoms with van der Waals surface area (Å²) in [6, 6.07) is 0. The normalized spacial score (nSPS) is 4.36. The molecular weight excluding hydrogens is 270 g/mol. The molecule has 0 heterocycles. The van der Waals surface area contributed by atoms with E-state index in [1.165, 1.54) is 0 Å². The van der Waals surface area contributed by atoms with Crippen molar-refractivity contribution in [1.82, 2.24) is 0 Å². The van der Waals surface area contributed by atoms with Gasteiger partial charge in [0.15, 0.2) is 0 Å². The fraction of sp³-hybridized carbons (Fsp3) is 0. The first-order valence-electron chi connectivity index (χ1n) is 1.22. The minimum atomic E-state index is -3.63. The largest absolute Gasteiger partial charge is 3.00 e. The number of hydrogen-bond donors (Lipinski definition) is 0. The van der Waals surface area contributed by atoms with Gasteiger partial charge in [0.25, 0.3) is 0 Å². The van der Waals surface area contributed by atoms with Crippen molar-refractivity contribution in [1.29, 1.82) is 0 Å². The van der Waals surface area contributed by atoms with Crippen LogP contribution >= 0.6 is 0 Å². The molecule has 0 atom stereocenters. The maximum Gasteiger partial charge on any atom is 3.00 e. The molecule has 0 aromatic rings. The van der Waals surface area contributed by atoms with E-state index in [-0.39, 0.29) is 53.0 Å². The number of rotatable bonds is 0. The van der Waals surface area contributed by atoms with Gasteiger partial charge in [-0.15, -0.1) is 0 Å². The van der Waals surface area contributed by atoms with Crippen molar-refractivity contribution in [3.8, 4) is 0 Å². The van der Waals surface area contributed by atoms with E-state index in [4.69, 9.17) is 28.1 Å². The second kappa shape index (κ2) is 22.4. The van der Waals surface area contributed by atoms with E-state index in [1.807, 2.05) is 0 Å². The Balaban J connectivity index is -0.0000000171. The Labute approximate surface area is 98.9 Å². The first-order valence-corrected chi connectivity index (χ1v) is 3.67. The summed E-state index contributed by atoms with van der Waals surface area (Å²) in [6.07, 6.45) is 0. The maximum atomic E-state index is 8.52. The topological polar surface area (TPSA) is 126 Å². The van der Waals surface area contributed by atoms with Crippen molar-refractivity contribution in [2.24, 2.45) is 0 Å². The molecule has 0 aliphatic heterocycles. The van der Waals surface area contributed by atoms with Gasteiger partial charge in [-0.25, -0.2) is 0 Å². The molecule has 6 nitrogen and oxygen atoms in total. The third kappa shape index (κ3) is 1130. The monoisotopic (exact) mass is 270 g/mol. The van der Waals surface area contributed by atoms with Crippen LogP contribution in [-0.2, 0) is 43.1 Å². The first kappa shape index (κ1) is 29.7. The van der Waals surface area contributed by atoms with Crippen LogP contribution in [-0.4, -0.2) is 18.3 Å². The quantitative estimate of drug-likeness (QED) is 0.402. The van der Waals surface area contributed by atoms with E-state index in [0.717, 1.165) is 0 Å². The molecule has 0 amide bonds. The smallest absolute Gasteiger partial charge is 0.672 e. The molecule has 0 aliphatic carbocycles. The first-order chi connectivity index (χ1) is 3.46. The molecule has 0 aromatic carbocycles. The molecule has 11 heavy (non-hydrogen) atoms. The standard InChI is InChI=1S/Fe.Li.Mn.2O3Si/c;;;2*1-4(2)3/q+3;+1;;2*-2. The van der Waals surface area contributed by atoms with E-state index in [0.29, 0.717) is 0 Å². The van der Waals surface area contributed by atoms with Gasteiger partial charge >= 0.3 is 35.9 Å². The zero-order chi connectivity index (χ0) is 7.15. The Kier molecular flexibility index (Phi) is 60.6. The molecule has 0 saturated heterocycles. The zero-order valence-corrected chi connectivity index (χ0v) is 9.47. The Morgan fingerprint density at radius 3 is 0.818 bits per heavy atom. The summed E-state index contributed by atoms with van der Waals surface area (Å²) in [5.41, 5.74) is 0. The van der Waals surface area contributed by atoms with Crippen LogP contribution in [0, 0.1) is 0 Å². The van der Waals surface area contributed by atoms with Gasteiger partial charge in [0.2, 0.25) is 0 Å². The van der Waals surface area contributed by atoms with Gasteiger partial charge in [-0.3, -0.25) is 0 Å². The predicted molar refractivity (Wildman–Crippen MR) is 12.9 cm³/mol. The van der Waals surface area contributed by atoms with Gasteiger partial charge in [-0.1, -0.05) is 0 Å². The summed E-state index contributed by atoms with van der Waals surface area (Å²) in [4.78, 5) is 34.1. The van der Waals surface area contributed by atoms with Crippen molar-refractivity contribution < 1.29 is 81.1 Å². The third-order valence-electron chi connectivity index (χ3n) is 0. The van der Waals surface area contributed by atoms with Gasteiger partial charge in [0.05, 0.1) is 0 Å². The molecule has 0 N–H and O–H groups in total. The Bertz CT molecular complexity index is 78.6. The Morgan fingerprint density at radius 1 is 0.818 bits per heavy atom. The second-order valence-corrected chi connectivity index (χ2v) is 1.50. The zero-order valence-electron chi connectivity index (χ0n) is 5.18. The van der Waals surface area contributed by atoms with Gasteiger partial charge in [-0.2, -0.15) is 0 Å². The average molecular weight is 270 g/mol. The van der Waals surface area contributed by atoms with E-state index in [9.17, 15) is 0 Å². The molecule has 0 aliphatic rings. The van der Waals surface area contributed by atoms with Crippen LogP contribution in [0.5, 0.6) is 0 Å². The molecule has 0 aromatic heterocycles. The summed E-state index contributed by atoms with van der Waals surface area (Å²) in [5, 5.41) is 0. The van der Waals surface area contributed by atoms with Crippen LogP contribution < -0.4 is 38.0 Å². The van der Waals surface area contributed by atoms with Crippen LogP contribution in [0.15, 0.2) is 0 Å². The van der Waals surface area contributed by atoms with Crippen molar-refractivity contribution in [2.75, 3.05) is 0 Å². The van der Waals surface area contributed by atoms with Crippen LogP contribution in [0.1, 0.15) is 0 Å². The SMILES string of the molecule is O=[Si]([O-])[O-].O=[Si]([O-])[O-].[Fe+3].[Li+].[Mn]. The van der Waals surface area contributed by atoms with Crippen LogP contribution in [0.25, 0.3) is 0 Å². The van der Waals surface area contributed by atoms with Crippen molar-refractivity contribution in [3.63, 3.8) is 0 Å². The van der Waals surface area contributed by atoms with Crippen LogP contribution in [0.3, 0.4) is 0 Å². The molecule has 0 unspecified atom stereocenters. The summed E-state index contributed by atoms with van der Waals surface area (Å²) >= 11 is 0. The summed E-state index contributed by atoms with van der Waals surface area (Å²) in [7, 11) is -7.26. The molecule has 0 spiro atoms. The fourth-order valence-corrected chi connectivity index (χ4v) is 0. The predicted octanol–water partition coefficient (Wildman–Crippen LogP) is -8.76. The Morgan fingerprint density at radius 2 is 0.818 bits per heavy atom. The molecular formula is FeLiMnO6Si2.